The zero-order valence-electron chi connectivity index (χ0n) is 29.9. The van der Waals surface area contributed by atoms with Crippen LogP contribution in [0.25, 0.3) is 16.7 Å². The van der Waals surface area contributed by atoms with Crippen LogP contribution in [-0.4, -0.2) is 61.7 Å². The molecule has 0 aliphatic carbocycles. The number of carbonyl (C=O) groups is 4. The molecule has 3 aliphatic heterocycles. The fourth-order valence-electron chi connectivity index (χ4n) is 6.36. The normalized spacial score (nSPS) is 17.0. The molecule has 4 heterocycles. The Morgan fingerprint density at radius 3 is 1.33 bits per heavy atom. The Bertz CT molecular complexity index is 2510. The topological polar surface area (TPSA) is 175 Å². The van der Waals surface area contributed by atoms with Gasteiger partial charge in [-0.3, -0.25) is 4.79 Å². The summed E-state index contributed by atoms with van der Waals surface area (Å²) >= 11 is 0. The number of esters is 3. The fourth-order valence-corrected chi connectivity index (χ4v) is 6.36. The average Bonchev–Trinajstić information content (AvgIpc) is 4.06. The number of amides is 1. The first-order chi connectivity index (χ1) is 26.7. The number of aromatic amines is 1. The molecule has 0 saturated heterocycles. The maximum atomic E-state index is 12.3. The molecule has 12 heteroatoms. The van der Waals surface area contributed by atoms with E-state index in [-0.39, 0.29) is 5.91 Å². The predicted octanol–water partition coefficient (Wildman–Crippen LogP) is 5.93. The van der Waals surface area contributed by atoms with Crippen LogP contribution in [0, 0.1) is 0 Å². The molecule has 0 spiro atoms. The lowest BCUT2D eigenvalue weighted by atomic mass is 9.97. The van der Waals surface area contributed by atoms with E-state index in [1.54, 1.807) is 60.7 Å². The molecular formula is C43H33N5O7. The molecule has 272 valence electrons. The van der Waals surface area contributed by atoms with Gasteiger partial charge in [0.15, 0.2) is 0 Å². The molecule has 0 saturated carbocycles. The molecule has 12 nitrogen and oxygen atoms in total. The van der Waals surface area contributed by atoms with Gasteiger partial charge in [0.05, 0.1) is 60.8 Å². The number of nitrogens with zero attached hydrogens (tertiary/aromatic N) is 2. The van der Waals surface area contributed by atoms with Gasteiger partial charge in [0, 0.05) is 34.2 Å². The summed E-state index contributed by atoms with van der Waals surface area (Å²) in [6, 6.07) is 24.7. The van der Waals surface area contributed by atoms with Crippen LogP contribution >= 0.6 is 0 Å². The Balaban J connectivity index is 1.37. The van der Waals surface area contributed by atoms with Crippen LogP contribution in [0.5, 0.6) is 0 Å². The third-order valence-electron chi connectivity index (χ3n) is 9.01. The lowest BCUT2D eigenvalue weighted by Crippen LogP contribution is -2.16. The number of aromatic nitrogens is 1. The monoisotopic (exact) mass is 731 g/mol. The van der Waals surface area contributed by atoms with E-state index in [9.17, 15) is 19.2 Å². The zero-order chi connectivity index (χ0) is 38.6. The number of benzene rings is 3. The summed E-state index contributed by atoms with van der Waals surface area (Å²) in [6.07, 6.45) is 10.4. The number of nitrogens with one attached hydrogen (secondary N) is 2. The maximum absolute atomic E-state index is 12.3. The first-order valence-electron chi connectivity index (χ1n) is 16.9. The summed E-state index contributed by atoms with van der Waals surface area (Å²) in [5.74, 6) is -1.30. The number of ether oxygens (including phenoxy) is 3. The molecule has 1 amide bonds. The van der Waals surface area contributed by atoms with Gasteiger partial charge in [0.2, 0.25) is 5.91 Å². The van der Waals surface area contributed by atoms with Gasteiger partial charge in [0.1, 0.15) is 5.84 Å². The second-order valence-electron chi connectivity index (χ2n) is 12.3. The molecule has 55 heavy (non-hydrogen) atoms. The smallest absolute Gasteiger partial charge is 0.337 e. The Hall–Kier alpha value is -7.60. The highest BCUT2D eigenvalue weighted by atomic mass is 16.5. The molecular weight excluding hydrogens is 699 g/mol. The van der Waals surface area contributed by atoms with Gasteiger partial charge >= 0.3 is 17.9 Å². The van der Waals surface area contributed by atoms with Crippen molar-refractivity contribution in [2.24, 2.45) is 15.7 Å². The highest BCUT2D eigenvalue weighted by Gasteiger charge is 2.24. The van der Waals surface area contributed by atoms with Crippen molar-refractivity contribution >= 4 is 52.1 Å². The van der Waals surface area contributed by atoms with Crippen LogP contribution in [0.3, 0.4) is 0 Å². The number of hydrogen-bond donors (Lipinski definition) is 3. The number of nitrogens with two attached hydrogens (primary N) is 1. The number of methoxy groups -OCH3 is 3. The van der Waals surface area contributed by atoms with E-state index >= 15 is 0 Å². The van der Waals surface area contributed by atoms with Crippen molar-refractivity contribution in [3.8, 4) is 0 Å². The Labute approximate surface area is 315 Å². The van der Waals surface area contributed by atoms with E-state index in [1.807, 2.05) is 54.6 Å². The lowest BCUT2D eigenvalue weighted by molar-refractivity contribution is -0.115. The Morgan fingerprint density at radius 2 is 0.927 bits per heavy atom. The first kappa shape index (κ1) is 35.8. The summed E-state index contributed by atoms with van der Waals surface area (Å²) in [5.41, 5.74) is 15.3. The maximum Gasteiger partial charge on any atom is 0.337 e. The minimum absolute atomic E-state index is 0.268. The SMILES string of the molecule is COC(=O)c1ccc(/C(=C2\C=CC(C(=C3\C=CC(=O)N3)/c3ccc(C(=O)OC)cc3)=N2)c2ccc(/C(=C3\C=CC(N)=N3)c3ccc(C(=O)OC)cc3)[nH]2)cc1. The number of carbonyl (C=O) groups excluding carboxylic acids is 4. The summed E-state index contributed by atoms with van der Waals surface area (Å²) in [4.78, 5) is 62.2. The van der Waals surface area contributed by atoms with Crippen molar-refractivity contribution in [3.63, 3.8) is 0 Å². The predicted molar refractivity (Wildman–Crippen MR) is 208 cm³/mol. The van der Waals surface area contributed by atoms with E-state index in [0.29, 0.717) is 73.4 Å². The molecule has 1 aromatic heterocycles. The highest BCUT2D eigenvalue weighted by molar-refractivity contribution is 6.32. The van der Waals surface area contributed by atoms with Gasteiger partial charge < -0.3 is 30.2 Å². The van der Waals surface area contributed by atoms with Gasteiger partial charge in [-0.1, -0.05) is 36.4 Å². The molecule has 3 aliphatic rings. The van der Waals surface area contributed by atoms with Gasteiger partial charge in [-0.05, 0) is 95.6 Å². The second kappa shape index (κ2) is 15.2. The summed E-state index contributed by atoms with van der Waals surface area (Å²) in [7, 11) is 3.98. The van der Waals surface area contributed by atoms with E-state index in [4.69, 9.17) is 24.9 Å². The molecule has 0 atom stereocenters. The molecule has 4 N–H and O–H groups in total. The van der Waals surface area contributed by atoms with Crippen molar-refractivity contribution < 1.29 is 33.4 Å². The van der Waals surface area contributed by atoms with E-state index < -0.39 is 17.9 Å². The van der Waals surface area contributed by atoms with Crippen molar-refractivity contribution in [1.82, 2.24) is 10.3 Å². The van der Waals surface area contributed by atoms with Crippen molar-refractivity contribution in [3.05, 3.63) is 183 Å². The van der Waals surface area contributed by atoms with Crippen LogP contribution in [0.2, 0.25) is 0 Å². The largest absolute Gasteiger partial charge is 0.465 e. The molecule has 0 fully saturated rings. The van der Waals surface area contributed by atoms with Crippen molar-refractivity contribution in [2.45, 2.75) is 0 Å². The third kappa shape index (κ3) is 7.24. The molecule has 0 unspecified atom stereocenters. The number of H-pyrrole nitrogens is 1. The van der Waals surface area contributed by atoms with Gasteiger partial charge in [-0.25, -0.2) is 24.4 Å². The van der Waals surface area contributed by atoms with Crippen molar-refractivity contribution in [1.29, 1.82) is 0 Å². The van der Waals surface area contributed by atoms with Crippen LogP contribution < -0.4 is 11.1 Å². The number of allylic oxidation sites excluding steroid dienone is 5. The van der Waals surface area contributed by atoms with Gasteiger partial charge in [-0.15, -0.1) is 0 Å². The van der Waals surface area contributed by atoms with Crippen LogP contribution in [0.15, 0.2) is 148 Å². The molecule has 0 bridgehead atoms. The van der Waals surface area contributed by atoms with E-state index in [1.165, 1.54) is 27.4 Å². The van der Waals surface area contributed by atoms with Gasteiger partial charge in [0.25, 0.3) is 0 Å². The lowest BCUT2D eigenvalue weighted by Gasteiger charge is -2.13. The van der Waals surface area contributed by atoms with Crippen molar-refractivity contribution in [2.75, 3.05) is 21.3 Å². The average molecular weight is 732 g/mol. The van der Waals surface area contributed by atoms with Crippen LogP contribution in [0.1, 0.15) is 59.2 Å². The molecule has 0 radical (unpaired) electrons. The summed E-state index contributed by atoms with van der Waals surface area (Å²) in [6.45, 7) is 0. The molecule has 3 aromatic carbocycles. The summed E-state index contributed by atoms with van der Waals surface area (Å²) in [5, 5.41) is 2.88. The van der Waals surface area contributed by atoms with Gasteiger partial charge in [-0.2, -0.15) is 0 Å². The Kier molecular flexibility index (Phi) is 9.87. The number of rotatable bonds is 9. The number of amidine groups is 1. The Morgan fingerprint density at radius 1 is 0.509 bits per heavy atom. The van der Waals surface area contributed by atoms with Crippen LogP contribution in [-0.2, 0) is 19.0 Å². The molecule has 7 rings (SSSR count). The second-order valence-corrected chi connectivity index (χ2v) is 12.3. The number of aliphatic imine (C=N–C) groups is 2. The minimum atomic E-state index is -0.470. The first-order valence-corrected chi connectivity index (χ1v) is 16.9. The zero-order valence-corrected chi connectivity index (χ0v) is 29.9. The van der Waals surface area contributed by atoms with E-state index in [2.05, 4.69) is 15.3 Å². The fraction of sp³-hybridized carbons (Fsp3) is 0.0698. The number of hydrogen-bond acceptors (Lipinski definition) is 10. The summed E-state index contributed by atoms with van der Waals surface area (Å²) < 4.78 is 14.7. The van der Waals surface area contributed by atoms with Crippen LogP contribution in [0.4, 0.5) is 0 Å². The third-order valence-corrected chi connectivity index (χ3v) is 9.01. The molecule has 4 aromatic rings. The quantitative estimate of drug-likeness (QED) is 0.140. The standard InChI is InChI=1S/C43H33N5O7/c1-53-41(50)27-10-4-24(5-11-27)38(30-16-18-32(45-30)39(34-20-22-36(44)47-34)25-6-12-28(13-7-25)42(51)54-2)31-17-19-33(46-31)40(35-21-23-37(49)48-35)26-8-14-29(15-9-26)43(52)55-3/h4-23,45H,1-3H3,(H2,44,47)(H,48,49)/b38-31-,39-34+,40-35+. The minimum Gasteiger partial charge on any atom is -0.465 e. The van der Waals surface area contributed by atoms with E-state index in [0.717, 1.165) is 16.7 Å². The highest BCUT2D eigenvalue weighted by Crippen LogP contribution is 2.36.